The molecule has 1 aliphatic carbocycles. The highest BCUT2D eigenvalue weighted by molar-refractivity contribution is 9.10. The first-order chi connectivity index (χ1) is 16.9. The molecule has 1 aliphatic heterocycles. The zero-order valence-electron chi connectivity index (χ0n) is 20.7. The minimum atomic E-state index is -0.306. The van der Waals surface area contributed by atoms with Crippen molar-refractivity contribution in [1.82, 2.24) is 15.2 Å². The van der Waals surface area contributed by atoms with E-state index in [9.17, 15) is 9.59 Å². The maximum atomic E-state index is 13.1. The predicted molar refractivity (Wildman–Crippen MR) is 145 cm³/mol. The largest absolute Gasteiger partial charge is 0.382 e. The van der Waals surface area contributed by atoms with Gasteiger partial charge in [-0.2, -0.15) is 0 Å². The van der Waals surface area contributed by atoms with Crippen LogP contribution in [0.5, 0.6) is 0 Å². The molecule has 2 fully saturated rings. The van der Waals surface area contributed by atoms with Gasteiger partial charge >= 0.3 is 0 Å². The lowest BCUT2D eigenvalue weighted by molar-refractivity contribution is 0.0950. The molecule has 35 heavy (non-hydrogen) atoms. The monoisotopic (exact) mass is 541 g/mol. The first-order valence-corrected chi connectivity index (χ1v) is 13.5. The summed E-state index contributed by atoms with van der Waals surface area (Å²) in [7, 11) is 0. The molecule has 188 valence electrons. The number of piperidine rings is 1. The molecule has 1 saturated heterocycles. The molecule has 4 rings (SSSR count). The van der Waals surface area contributed by atoms with Crippen LogP contribution in [0.1, 0.15) is 77.7 Å². The van der Waals surface area contributed by atoms with Crippen LogP contribution >= 0.6 is 15.9 Å². The fourth-order valence-corrected chi connectivity index (χ4v) is 5.98. The van der Waals surface area contributed by atoms with Gasteiger partial charge in [-0.15, -0.1) is 0 Å². The summed E-state index contributed by atoms with van der Waals surface area (Å²) in [5.74, 6) is -0.306. The molecule has 7 nitrogen and oxygen atoms in total. The molecule has 1 saturated carbocycles. The number of benzene rings is 1. The minimum absolute atomic E-state index is 0.132. The molecule has 2 heterocycles. The number of hydrogen-bond acceptors (Lipinski definition) is 5. The van der Waals surface area contributed by atoms with Crippen LogP contribution in [-0.2, 0) is 6.54 Å². The summed E-state index contributed by atoms with van der Waals surface area (Å²) < 4.78 is 0.778. The lowest BCUT2D eigenvalue weighted by Gasteiger charge is -2.39. The molecule has 4 N–H and O–H groups in total. The average Bonchev–Trinajstić information content (AvgIpc) is 2.84. The quantitative estimate of drug-likeness (QED) is 0.375. The Bertz CT molecular complexity index is 1130. The highest BCUT2D eigenvalue weighted by Gasteiger charge is 2.27. The highest BCUT2D eigenvalue weighted by Crippen LogP contribution is 2.29. The minimum Gasteiger partial charge on any atom is -0.382 e. The number of H-pyrrole nitrogens is 1. The molecular weight excluding hydrogens is 506 g/mol. The van der Waals surface area contributed by atoms with Crippen molar-refractivity contribution in [3.05, 3.63) is 61.0 Å². The fourth-order valence-electron chi connectivity index (χ4n) is 5.52. The first kappa shape index (κ1) is 25.6. The lowest BCUT2D eigenvalue weighted by atomic mass is 9.92. The Kier molecular flexibility index (Phi) is 8.44. The Morgan fingerprint density at radius 3 is 2.51 bits per heavy atom. The Hall–Kier alpha value is -2.45. The van der Waals surface area contributed by atoms with E-state index in [4.69, 9.17) is 5.41 Å². The van der Waals surface area contributed by atoms with Crippen molar-refractivity contribution in [2.75, 3.05) is 18.4 Å². The Labute approximate surface area is 215 Å². The van der Waals surface area contributed by atoms with E-state index in [1.807, 2.05) is 26.0 Å². The molecule has 1 amide bonds. The van der Waals surface area contributed by atoms with Gasteiger partial charge in [-0.25, -0.2) is 0 Å². The van der Waals surface area contributed by atoms with Crippen LogP contribution < -0.4 is 16.2 Å². The van der Waals surface area contributed by atoms with Gasteiger partial charge in [0.2, 0.25) is 0 Å². The van der Waals surface area contributed by atoms with Gasteiger partial charge in [0.05, 0.1) is 5.56 Å². The lowest BCUT2D eigenvalue weighted by Crippen LogP contribution is -2.45. The number of aryl methyl sites for hydroxylation is 2. The van der Waals surface area contributed by atoms with Crippen molar-refractivity contribution in [3.8, 4) is 0 Å². The van der Waals surface area contributed by atoms with E-state index in [0.29, 0.717) is 22.7 Å². The Morgan fingerprint density at radius 2 is 1.86 bits per heavy atom. The number of aromatic amines is 1. The predicted octanol–water partition coefficient (Wildman–Crippen LogP) is 4.89. The Morgan fingerprint density at radius 1 is 1.14 bits per heavy atom. The normalized spacial score (nSPS) is 17.8. The van der Waals surface area contributed by atoms with E-state index in [0.717, 1.165) is 53.4 Å². The molecule has 2 aliphatic rings. The Balaban J connectivity index is 1.44. The van der Waals surface area contributed by atoms with Gasteiger partial charge in [0.25, 0.3) is 11.5 Å². The number of carbonyl (C=O) groups excluding carboxylic acids is 1. The summed E-state index contributed by atoms with van der Waals surface area (Å²) in [6.45, 7) is 6.02. The number of amides is 1. The molecule has 1 aromatic carbocycles. The second-order valence-electron chi connectivity index (χ2n) is 9.93. The van der Waals surface area contributed by atoms with Crippen LogP contribution in [-0.4, -0.2) is 47.2 Å². The van der Waals surface area contributed by atoms with Crippen molar-refractivity contribution in [3.63, 3.8) is 0 Å². The summed E-state index contributed by atoms with van der Waals surface area (Å²) >= 11 is 3.54. The van der Waals surface area contributed by atoms with Crippen LogP contribution in [0.3, 0.4) is 0 Å². The molecule has 0 atom stereocenters. The molecule has 0 bridgehead atoms. The van der Waals surface area contributed by atoms with E-state index >= 15 is 0 Å². The number of carbonyl (C=O) groups is 1. The smallest absolute Gasteiger partial charge is 0.253 e. The van der Waals surface area contributed by atoms with E-state index in [1.54, 1.807) is 6.07 Å². The summed E-state index contributed by atoms with van der Waals surface area (Å²) in [5.41, 5.74) is 3.76. The van der Waals surface area contributed by atoms with E-state index in [1.165, 1.54) is 38.3 Å². The van der Waals surface area contributed by atoms with Crippen molar-refractivity contribution in [2.45, 2.75) is 77.4 Å². The number of anilines is 1. The maximum absolute atomic E-state index is 13.1. The van der Waals surface area contributed by atoms with Crippen LogP contribution in [0.25, 0.3) is 0 Å². The van der Waals surface area contributed by atoms with Crippen LogP contribution in [0.4, 0.5) is 5.69 Å². The zero-order chi connectivity index (χ0) is 24.9. The number of hydrogen-bond donors (Lipinski definition) is 4. The van der Waals surface area contributed by atoms with Gasteiger partial charge in [-0.3, -0.25) is 9.59 Å². The number of nitrogens with zero attached hydrogens (tertiary/aromatic N) is 1. The molecule has 0 spiro atoms. The number of nitrogens with one attached hydrogen (secondary N) is 4. The summed E-state index contributed by atoms with van der Waals surface area (Å²) in [6, 6.07) is 6.63. The molecule has 0 radical (unpaired) electrons. The van der Waals surface area contributed by atoms with E-state index < -0.39 is 0 Å². The summed E-state index contributed by atoms with van der Waals surface area (Å²) in [4.78, 5) is 30.9. The van der Waals surface area contributed by atoms with Crippen LogP contribution in [0.2, 0.25) is 0 Å². The van der Waals surface area contributed by atoms with Gasteiger partial charge in [0.15, 0.2) is 0 Å². The second kappa shape index (κ2) is 11.5. The second-order valence-corrected chi connectivity index (χ2v) is 10.8. The molecule has 1 aromatic heterocycles. The maximum Gasteiger partial charge on any atom is 0.253 e. The third-order valence-electron chi connectivity index (χ3n) is 7.43. The zero-order valence-corrected chi connectivity index (χ0v) is 22.3. The fraction of sp³-hybridized carbons (Fsp3) is 0.519. The number of aromatic nitrogens is 1. The third-order valence-corrected chi connectivity index (χ3v) is 7.89. The molecule has 2 aromatic rings. The highest BCUT2D eigenvalue weighted by atomic mass is 79.9. The van der Waals surface area contributed by atoms with Gasteiger partial charge in [0.1, 0.15) is 0 Å². The SMILES string of the molecule is Cc1cc(C)c(CNC(=O)c2cc(Br)cc(NC3CCN(C4CCCCC4)CC3)c2C=N)c(=O)[nH]1. The molecule has 8 heteroatoms. The number of halogens is 1. The van der Waals surface area contributed by atoms with Crippen molar-refractivity contribution in [1.29, 1.82) is 5.41 Å². The molecular formula is C27H36BrN5O2. The number of likely N-dealkylation sites (tertiary alicyclic amines) is 1. The van der Waals surface area contributed by atoms with Crippen molar-refractivity contribution in [2.24, 2.45) is 0 Å². The first-order valence-electron chi connectivity index (χ1n) is 12.7. The topological polar surface area (TPSA) is 101 Å². The van der Waals surface area contributed by atoms with E-state index in [2.05, 4.69) is 36.4 Å². The average molecular weight is 543 g/mol. The van der Waals surface area contributed by atoms with Gasteiger partial charge in [-0.05, 0) is 63.3 Å². The van der Waals surface area contributed by atoms with Crippen LogP contribution in [0, 0.1) is 19.3 Å². The van der Waals surface area contributed by atoms with Gasteiger partial charge in [-0.1, -0.05) is 35.2 Å². The van der Waals surface area contributed by atoms with E-state index in [-0.39, 0.29) is 18.0 Å². The number of rotatable bonds is 7. The summed E-state index contributed by atoms with van der Waals surface area (Å²) in [6.07, 6.45) is 10.1. The third kappa shape index (κ3) is 6.22. The number of pyridine rings is 1. The molecule has 0 unspecified atom stereocenters. The van der Waals surface area contributed by atoms with Crippen molar-refractivity contribution >= 4 is 33.7 Å². The summed E-state index contributed by atoms with van der Waals surface area (Å²) in [5, 5.41) is 14.5. The van der Waals surface area contributed by atoms with Gasteiger partial charge in [0, 0.05) is 64.9 Å². The van der Waals surface area contributed by atoms with Crippen molar-refractivity contribution < 1.29 is 4.79 Å². The standard InChI is InChI=1S/C27H36BrN5O2/c1-17-12-18(2)31-27(35)24(17)16-30-26(34)22-13-19(28)14-25(23(22)15-29)32-20-8-10-33(11-9-20)21-6-4-3-5-7-21/h12-15,20-21,29,32H,3-11,16H2,1-2H3,(H,30,34)(H,31,35). The van der Waals surface area contributed by atoms with Gasteiger partial charge < -0.3 is 25.9 Å². The van der Waals surface area contributed by atoms with Crippen LogP contribution in [0.15, 0.2) is 27.5 Å².